The molecule has 39 heavy (non-hydrogen) atoms. The molecule has 0 heterocycles. The lowest BCUT2D eigenvalue weighted by molar-refractivity contribution is -0.124. The first-order valence-electron chi connectivity index (χ1n) is 8.27. The molecule has 0 unspecified atom stereocenters. The van der Waals surface area contributed by atoms with Gasteiger partial charge in [0.1, 0.15) is 0 Å². The topological polar surface area (TPSA) is 0 Å². The second kappa shape index (κ2) is 10.3. The van der Waals surface area contributed by atoms with Crippen molar-refractivity contribution in [1.82, 2.24) is 0 Å². The third kappa shape index (κ3) is 4.09. The molecule has 0 nitrogen and oxygen atoms in total. The van der Waals surface area contributed by atoms with Gasteiger partial charge in [-0.2, -0.15) is 35.1 Å². The number of hydrogen-bond donors (Lipinski definition) is 0. The van der Waals surface area contributed by atoms with Crippen LogP contribution in [-0.2, 0) is 23.7 Å². The average molecular weight is 632 g/mol. The van der Waals surface area contributed by atoms with E-state index in [2.05, 4.69) is 0 Å². The number of allylic oxidation sites excluding steroid dienone is 2. The average Bonchev–Trinajstić information content (AvgIpc) is 2.70. The van der Waals surface area contributed by atoms with E-state index in [0.29, 0.717) is 0 Å². The van der Waals surface area contributed by atoms with Crippen LogP contribution < -0.4 is 0 Å². The molecule has 4 rings (SSSR count). The zero-order valence-corrected chi connectivity index (χ0v) is 17.9. The Bertz CT molecular complexity index is 1140. The highest BCUT2D eigenvalue weighted by atomic mass is 32.1. The smallest absolute Gasteiger partial charge is 0.269 e. The van der Waals surface area contributed by atoms with Gasteiger partial charge in [-0.05, 0) is 0 Å². The van der Waals surface area contributed by atoms with E-state index in [1.165, 1.54) is 0 Å². The van der Waals surface area contributed by atoms with Crippen molar-refractivity contribution in [3.63, 3.8) is 0 Å². The Morgan fingerprint density at radius 1 is 0.282 bits per heavy atom. The van der Waals surface area contributed by atoms with Crippen LogP contribution in [0, 0.1) is 46.5 Å². The lowest BCUT2D eigenvalue weighted by Gasteiger charge is -2.44. The minimum absolute atomic E-state index is 0. The SMILES string of the molecule is F.F.F.F.Fc1c(F)c(F)c2c(c1F)C(F)(F)C1=C(C2(F)F)C(F)(F)c2c(F)c(F)c(F)c(F)c2C1(F)F.[S]. The molecule has 0 bridgehead atoms. The van der Waals surface area contributed by atoms with Crippen LogP contribution in [0.3, 0.4) is 0 Å². The predicted molar refractivity (Wildman–Crippen MR) is 92.8 cm³/mol. The first-order valence-corrected chi connectivity index (χ1v) is 8.27. The van der Waals surface area contributed by atoms with Gasteiger partial charge in [0.15, 0.2) is 46.5 Å². The molecule has 0 aliphatic heterocycles. The van der Waals surface area contributed by atoms with Crippen LogP contribution in [0.5, 0.6) is 0 Å². The van der Waals surface area contributed by atoms with Crippen molar-refractivity contribution >= 4 is 13.5 Å². The standard InChI is InChI=1S/C18F16.4FH.S/c19-5-1-2(6(20)10(24)9(5)23)16(29,30)14-13(15(1,27)28)17(31,32)3-4(18(14,33)34)8(22)12(26)11(25)7(3)21;;;;;/h;4*1H;. The summed E-state index contributed by atoms with van der Waals surface area (Å²) in [5, 5.41) is 0. The summed E-state index contributed by atoms with van der Waals surface area (Å²) in [4.78, 5) is 0. The molecule has 21 heteroatoms. The molecule has 0 saturated carbocycles. The van der Waals surface area contributed by atoms with Crippen LogP contribution in [0.25, 0.3) is 0 Å². The number of benzene rings is 2. The quantitative estimate of drug-likeness (QED) is 0.118. The maximum atomic E-state index is 14.9. The second-order valence-electron chi connectivity index (χ2n) is 7.06. The zero-order valence-electron chi connectivity index (χ0n) is 17.1. The van der Waals surface area contributed by atoms with E-state index in [0.717, 1.165) is 0 Å². The molecule has 222 valence electrons. The molecule has 0 saturated heterocycles. The van der Waals surface area contributed by atoms with Gasteiger partial charge in [-0.3, -0.25) is 18.8 Å². The van der Waals surface area contributed by atoms with E-state index in [-0.39, 0.29) is 32.3 Å². The van der Waals surface area contributed by atoms with Crippen molar-refractivity contribution in [2.24, 2.45) is 0 Å². The van der Waals surface area contributed by atoms with Gasteiger partial charge in [0.05, 0.1) is 33.4 Å². The summed E-state index contributed by atoms with van der Waals surface area (Å²) in [7, 11) is 0. The van der Waals surface area contributed by atoms with E-state index in [4.69, 9.17) is 0 Å². The summed E-state index contributed by atoms with van der Waals surface area (Å²) < 4.78 is 229. The van der Waals surface area contributed by atoms with Gasteiger partial charge in [-0.15, -0.1) is 0 Å². The van der Waals surface area contributed by atoms with Crippen molar-refractivity contribution in [2.75, 3.05) is 0 Å². The fraction of sp³-hybridized carbons (Fsp3) is 0.222. The Hall–Kier alpha value is -2.87. The lowest BCUT2D eigenvalue weighted by Crippen LogP contribution is -2.50. The number of halogens is 20. The third-order valence-corrected chi connectivity index (χ3v) is 5.30. The highest BCUT2D eigenvalue weighted by Crippen LogP contribution is 2.68. The molecule has 2 aliphatic rings. The number of alkyl halides is 8. The van der Waals surface area contributed by atoms with Gasteiger partial charge in [0.25, 0.3) is 0 Å². The summed E-state index contributed by atoms with van der Waals surface area (Å²) in [6.07, 6.45) is 0. The van der Waals surface area contributed by atoms with E-state index in [9.17, 15) is 70.2 Å². The highest BCUT2D eigenvalue weighted by Gasteiger charge is 2.74. The van der Waals surface area contributed by atoms with Crippen molar-refractivity contribution in [2.45, 2.75) is 23.7 Å². The summed E-state index contributed by atoms with van der Waals surface area (Å²) in [5.74, 6) is -51.6. The fourth-order valence-electron chi connectivity index (χ4n) is 3.96. The molecule has 0 fully saturated rings. The Morgan fingerprint density at radius 3 is 0.538 bits per heavy atom. The number of hydrogen-bond acceptors (Lipinski definition) is 0. The zero-order chi connectivity index (χ0) is 26.1. The Labute approximate surface area is 207 Å². The monoisotopic (exact) mass is 632 g/mol. The van der Waals surface area contributed by atoms with Gasteiger partial charge < -0.3 is 0 Å². The van der Waals surface area contributed by atoms with Gasteiger partial charge in [0.2, 0.25) is 0 Å². The molecular formula is C18H4F20S. The number of rotatable bonds is 0. The minimum Gasteiger partial charge on any atom is -0.269 e. The van der Waals surface area contributed by atoms with Gasteiger partial charge in [0, 0.05) is 13.5 Å². The second-order valence-corrected chi connectivity index (χ2v) is 7.06. The molecule has 0 atom stereocenters. The summed E-state index contributed by atoms with van der Waals surface area (Å²) in [6, 6.07) is 0. The summed E-state index contributed by atoms with van der Waals surface area (Å²) >= 11 is 0. The third-order valence-electron chi connectivity index (χ3n) is 5.30. The number of fused-ring (bicyclic) bond motifs is 2. The molecular weight excluding hydrogens is 628 g/mol. The maximum Gasteiger partial charge on any atom is 0.304 e. The van der Waals surface area contributed by atoms with Gasteiger partial charge in [-0.1, -0.05) is 0 Å². The van der Waals surface area contributed by atoms with Crippen molar-refractivity contribution in [3.05, 3.63) is 79.9 Å². The molecule has 2 radical (unpaired) electrons. The molecule has 0 aromatic heterocycles. The minimum atomic E-state index is -6.27. The van der Waals surface area contributed by atoms with Crippen LogP contribution in [0.1, 0.15) is 22.3 Å². The van der Waals surface area contributed by atoms with E-state index in [1.54, 1.807) is 0 Å². The van der Waals surface area contributed by atoms with Crippen LogP contribution >= 0.6 is 13.5 Å². The van der Waals surface area contributed by atoms with Crippen molar-refractivity contribution < 1.29 is 89.1 Å². The molecule has 2 aromatic carbocycles. The van der Waals surface area contributed by atoms with E-state index in [1.807, 2.05) is 0 Å². The predicted octanol–water partition coefficient (Wildman–Crippen LogP) is 8.45. The molecule has 0 spiro atoms. The largest absolute Gasteiger partial charge is 0.304 e. The van der Waals surface area contributed by atoms with Crippen molar-refractivity contribution in [1.29, 1.82) is 0 Å². The first-order chi connectivity index (χ1) is 15.3. The summed E-state index contributed by atoms with van der Waals surface area (Å²) in [5.41, 5.74) is -21.2. The molecule has 2 aromatic rings. The molecule has 2 aliphatic carbocycles. The van der Waals surface area contributed by atoms with E-state index < -0.39 is 104 Å². The van der Waals surface area contributed by atoms with Crippen LogP contribution in [-0.4, -0.2) is 0 Å². The maximum absolute atomic E-state index is 14.9. The molecule has 0 N–H and O–H groups in total. The Balaban J connectivity index is 0. The first kappa shape index (κ1) is 38.3. The van der Waals surface area contributed by atoms with Gasteiger partial charge in [-0.25, -0.2) is 35.1 Å². The lowest BCUT2D eigenvalue weighted by atomic mass is 9.68. The van der Waals surface area contributed by atoms with Crippen LogP contribution in [0.2, 0.25) is 0 Å². The van der Waals surface area contributed by atoms with Crippen LogP contribution in [0.4, 0.5) is 89.1 Å². The Morgan fingerprint density at radius 2 is 0.410 bits per heavy atom. The van der Waals surface area contributed by atoms with E-state index >= 15 is 0 Å². The van der Waals surface area contributed by atoms with Crippen LogP contribution in [0.15, 0.2) is 11.1 Å². The Kier molecular flexibility index (Phi) is 10.1. The fourth-order valence-corrected chi connectivity index (χ4v) is 3.96. The normalized spacial score (nSPS) is 18.5. The highest BCUT2D eigenvalue weighted by molar-refractivity contribution is 7.59. The van der Waals surface area contributed by atoms with Gasteiger partial charge >= 0.3 is 23.7 Å². The van der Waals surface area contributed by atoms with Crippen molar-refractivity contribution in [3.8, 4) is 0 Å². The molecule has 0 amide bonds. The summed E-state index contributed by atoms with van der Waals surface area (Å²) in [6.45, 7) is 0.